The molecule has 10 heteroatoms. The zero-order valence-corrected chi connectivity index (χ0v) is 23.7. The number of hydrogen-bond acceptors (Lipinski definition) is 7. The summed E-state index contributed by atoms with van der Waals surface area (Å²) in [5.74, 6) is 1.87. The third-order valence-corrected chi connectivity index (χ3v) is 7.18. The van der Waals surface area contributed by atoms with Crippen molar-refractivity contribution < 1.29 is 9.53 Å². The molecule has 0 radical (unpaired) electrons. The van der Waals surface area contributed by atoms with Gasteiger partial charge in [0, 0.05) is 16.4 Å². The monoisotopic (exact) mass is 582 g/mol. The van der Waals surface area contributed by atoms with Crippen molar-refractivity contribution in [2.24, 2.45) is 5.10 Å². The summed E-state index contributed by atoms with van der Waals surface area (Å²) < 4.78 is 7.81. The number of rotatable bonds is 11. The molecule has 0 aliphatic heterocycles. The van der Waals surface area contributed by atoms with Crippen LogP contribution >= 0.6 is 23.4 Å². The molecule has 206 valence electrons. The number of para-hydroxylation sites is 2. The van der Waals surface area contributed by atoms with Gasteiger partial charge in [-0.1, -0.05) is 71.9 Å². The molecule has 41 heavy (non-hydrogen) atoms. The largest absolute Gasteiger partial charge is 0.457 e. The summed E-state index contributed by atoms with van der Waals surface area (Å²) in [6.45, 7) is 2.24. The number of anilines is 1. The van der Waals surface area contributed by atoms with Crippen LogP contribution in [0.25, 0.3) is 5.69 Å². The Kier molecular flexibility index (Phi) is 9.30. The highest BCUT2D eigenvalue weighted by Crippen LogP contribution is 2.27. The number of halogens is 1. The molecular weight excluding hydrogens is 556 g/mol. The molecule has 4 aromatic carbocycles. The van der Waals surface area contributed by atoms with E-state index in [1.165, 1.54) is 11.8 Å². The van der Waals surface area contributed by atoms with Crippen LogP contribution in [-0.4, -0.2) is 32.1 Å². The molecule has 0 saturated heterocycles. The van der Waals surface area contributed by atoms with Crippen LogP contribution in [0.15, 0.2) is 119 Å². The Morgan fingerprint density at radius 2 is 1.66 bits per heavy atom. The Hall–Kier alpha value is -4.60. The first kappa shape index (κ1) is 27.9. The number of benzene rings is 4. The average molecular weight is 583 g/mol. The molecule has 0 bridgehead atoms. The fraction of sp³-hybridized carbons (Fsp3) is 0.0968. The fourth-order valence-electron chi connectivity index (χ4n) is 3.83. The van der Waals surface area contributed by atoms with Gasteiger partial charge in [0.1, 0.15) is 11.5 Å². The topological polar surface area (TPSA) is 93.4 Å². The molecule has 0 fully saturated rings. The standard InChI is InChI=1S/C31H27ClN6O2S/c1-22(30(39)36-34-20-23-9-8-14-28(19-23)40-27-12-6-3-7-13-27)41-31-37-35-29(38(31)26-10-4-2-5-11-26)21-33-25-17-15-24(32)16-18-25/h2-20,22,33H,21H2,1H3,(H,36,39). The van der Waals surface area contributed by atoms with E-state index < -0.39 is 5.25 Å². The Balaban J connectivity index is 1.23. The van der Waals surface area contributed by atoms with Gasteiger partial charge in [0.05, 0.1) is 18.0 Å². The van der Waals surface area contributed by atoms with Crippen molar-refractivity contribution in [1.29, 1.82) is 0 Å². The predicted molar refractivity (Wildman–Crippen MR) is 164 cm³/mol. The third-order valence-electron chi connectivity index (χ3n) is 5.89. The fourth-order valence-corrected chi connectivity index (χ4v) is 4.84. The molecule has 5 aromatic rings. The summed E-state index contributed by atoms with van der Waals surface area (Å²) in [4.78, 5) is 12.9. The Bertz CT molecular complexity index is 1610. The summed E-state index contributed by atoms with van der Waals surface area (Å²) >= 11 is 7.31. The minimum absolute atomic E-state index is 0.258. The summed E-state index contributed by atoms with van der Waals surface area (Å²) in [7, 11) is 0. The zero-order chi connectivity index (χ0) is 28.4. The Labute approximate surface area is 247 Å². The number of ether oxygens (including phenoxy) is 1. The van der Waals surface area contributed by atoms with Crippen molar-refractivity contribution in [3.05, 3.63) is 126 Å². The number of carbonyl (C=O) groups is 1. The summed E-state index contributed by atoms with van der Waals surface area (Å²) in [6.07, 6.45) is 1.58. The molecule has 5 rings (SSSR count). The molecule has 0 saturated carbocycles. The molecule has 1 amide bonds. The number of aromatic nitrogens is 3. The number of nitrogens with zero attached hydrogens (tertiary/aromatic N) is 4. The van der Waals surface area contributed by atoms with Gasteiger partial charge in [0.15, 0.2) is 11.0 Å². The van der Waals surface area contributed by atoms with Crippen LogP contribution in [0, 0.1) is 0 Å². The van der Waals surface area contributed by atoms with Gasteiger partial charge < -0.3 is 10.1 Å². The van der Waals surface area contributed by atoms with E-state index in [0.717, 1.165) is 22.7 Å². The van der Waals surface area contributed by atoms with E-state index in [-0.39, 0.29) is 5.91 Å². The second-order valence-corrected chi connectivity index (χ2v) is 10.7. The number of amides is 1. The van der Waals surface area contributed by atoms with E-state index in [9.17, 15) is 4.79 Å². The van der Waals surface area contributed by atoms with Crippen LogP contribution < -0.4 is 15.5 Å². The molecule has 0 aliphatic rings. The van der Waals surface area contributed by atoms with Crippen LogP contribution in [0.4, 0.5) is 5.69 Å². The lowest BCUT2D eigenvalue weighted by Gasteiger charge is -2.13. The Morgan fingerprint density at radius 1 is 0.951 bits per heavy atom. The molecule has 1 heterocycles. The maximum absolute atomic E-state index is 12.9. The number of carbonyl (C=O) groups excluding carboxylic acids is 1. The van der Waals surface area contributed by atoms with Crippen LogP contribution in [0.2, 0.25) is 5.02 Å². The van der Waals surface area contributed by atoms with E-state index in [1.54, 1.807) is 13.1 Å². The number of hydrogen-bond donors (Lipinski definition) is 2. The molecule has 0 spiro atoms. The minimum Gasteiger partial charge on any atom is -0.457 e. The quantitative estimate of drug-likeness (QED) is 0.0993. The second-order valence-electron chi connectivity index (χ2n) is 8.91. The van der Waals surface area contributed by atoms with Gasteiger partial charge >= 0.3 is 0 Å². The summed E-state index contributed by atoms with van der Waals surface area (Å²) in [5, 5.41) is 17.1. The number of thioether (sulfide) groups is 1. The van der Waals surface area contributed by atoms with Gasteiger partial charge in [-0.2, -0.15) is 5.10 Å². The highest BCUT2D eigenvalue weighted by molar-refractivity contribution is 8.00. The van der Waals surface area contributed by atoms with Crippen LogP contribution in [0.5, 0.6) is 11.5 Å². The van der Waals surface area contributed by atoms with Crippen molar-refractivity contribution in [3.63, 3.8) is 0 Å². The molecular formula is C31H27ClN6O2S. The van der Waals surface area contributed by atoms with Crippen molar-refractivity contribution in [1.82, 2.24) is 20.2 Å². The molecule has 0 aliphatic carbocycles. The second kappa shape index (κ2) is 13.6. The predicted octanol–water partition coefficient (Wildman–Crippen LogP) is 6.96. The highest BCUT2D eigenvalue weighted by atomic mass is 35.5. The van der Waals surface area contributed by atoms with Gasteiger partial charge in [-0.15, -0.1) is 10.2 Å². The maximum Gasteiger partial charge on any atom is 0.253 e. The van der Waals surface area contributed by atoms with Crippen LogP contribution in [0.3, 0.4) is 0 Å². The van der Waals surface area contributed by atoms with Crippen LogP contribution in [-0.2, 0) is 11.3 Å². The van der Waals surface area contributed by atoms with Crippen molar-refractivity contribution >= 4 is 41.2 Å². The molecule has 1 unspecified atom stereocenters. The maximum atomic E-state index is 12.9. The van der Waals surface area contributed by atoms with E-state index >= 15 is 0 Å². The van der Waals surface area contributed by atoms with Crippen molar-refractivity contribution in [3.8, 4) is 17.2 Å². The average Bonchev–Trinajstić information content (AvgIpc) is 3.40. The van der Waals surface area contributed by atoms with E-state index in [2.05, 4.69) is 26.0 Å². The Morgan fingerprint density at radius 3 is 2.41 bits per heavy atom. The van der Waals surface area contributed by atoms with Crippen molar-refractivity contribution in [2.75, 3.05) is 5.32 Å². The van der Waals surface area contributed by atoms with E-state index in [0.29, 0.717) is 28.3 Å². The van der Waals surface area contributed by atoms with Gasteiger partial charge in [0.2, 0.25) is 0 Å². The minimum atomic E-state index is -0.483. The number of hydrazone groups is 1. The first-order valence-electron chi connectivity index (χ1n) is 12.9. The summed E-state index contributed by atoms with van der Waals surface area (Å²) in [5.41, 5.74) is 5.23. The lowest BCUT2D eigenvalue weighted by molar-refractivity contribution is -0.120. The smallest absolute Gasteiger partial charge is 0.253 e. The van der Waals surface area contributed by atoms with Crippen molar-refractivity contribution in [2.45, 2.75) is 23.9 Å². The van der Waals surface area contributed by atoms with E-state index in [1.807, 2.05) is 114 Å². The van der Waals surface area contributed by atoms with Gasteiger partial charge in [0.25, 0.3) is 5.91 Å². The van der Waals surface area contributed by atoms with Gasteiger partial charge in [-0.25, -0.2) is 5.43 Å². The third kappa shape index (κ3) is 7.75. The number of nitrogens with one attached hydrogen (secondary N) is 2. The lowest BCUT2D eigenvalue weighted by Crippen LogP contribution is -2.27. The SMILES string of the molecule is CC(Sc1nnc(CNc2ccc(Cl)cc2)n1-c1ccccc1)C(=O)NN=Cc1cccc(Oc2ccccc2)c1. The molecule has 1 aromatic heterocycles. The zero-order valence-electron chi connectivity index (χ0n) is 22.1. The highest BCUT2D eigenvalue weighted by Gasteiger charge is 2.21. The molecule has 8 nitrogen and oxygen atoms in total. The summed E-state index contributed by atoms with van der Waals surface area (Å²) in [6, 6.07) is 34.3. The van der Waals surface area contributed by atoms with Gasteiger partial charge in [-0.05, 0) is 73.2 Å². The van der Waals surface area contributed by atoms with Crippen LogP contribution in [0.1, 0.15) is 18.3 Å². The molecule has 1 atom stereocenters. The van der Waals surface area contributed by atoms with E-state index in [4.69, 9.17) is 16.3 Å². The first-order chi connectivity index (χ1) is 20.0. The molecule has 2 N–H and O–H groups in total. The first-order valence-corrected chi connectivity index (χ1v) is 14.1. The van der Waals surface area contributed by atoms with Gasteiger partial charge in [-0.3, -0.25) is 9.36 Å². The lowest BCUT2D eigenvalue weighted by atomic mass is 10.2. The normalized spacial score (nSPS) is 11.8.